The zero-order chi connectivity index (χ0) is 18.2. The summed E-state index contributed by atoms with van der Waals surface area (Å²) in [6.07, 6.45) is 3.82. The Morgan fingerprint density at radius 3 is 2.12 bits per heavy atom. The van der Waals surface area contributed by atoms with E-state index in [2.05, 4.69) is 58.8 Å². The number of ether oxygens (including phenoxy) is 1. The Labute approximate surface area is 145 Å². The second-order valence-electron chi connectivity index (χ2n) is 8.20. The molecule has 5 heteroatoms. The molecule has 132 valence electrons. The van der Waals surface area contributed by atoms with Crippen molar-refractivity contribution in [2.45, 2.75) is 52.6 Å². The number of hydrogen-bond donors (Lipinski definition) is 0. The number of anilines is 1. The van der Waals surface area contributed by atoms with Crippen LogP contribution in [0.25, 0.3) is 0 Å². The Balaban J connectivity index is 2.58. The molecule has 1 heterocycles. The number of carbonyl (C=O) groups is 1. The van der Waals surface area contributed by atoms with Gasteiger partial charge < -0.3 is 9.64 Å². The molecular weight excluding hydrogens is 302 g/mol. The van der Waals surface area contributed by atoms with Gasteiger partial charge in [0, 0.05) is 5.54 Å². The number of amides is 1. The van der Waals surface area contributed by atoms with Crippen molar-refractivity contribution in [1.82, 2.24) is 4.90 Å². The normalized spacial score (nSPS) is 21.0. The SMILES string of the molecule is COC(=O)N(c1ccccc1)[N+]1(C(C)(C)C)C=CN(C(C)(C)C)C1. The molecule has 1 unspecified atom stereocenters. The molecule has 1 amide bonds. The van der Waals surface area contributed by atoms with Gasteiger partial charge in [-0.25, -0.2) is 4.79 Å². The minimum Gasteiger partial charge on any atom is -0.449 e. The van der Waals surface area contributed by atoms with Crippen LogP contribution in [0.5, 0.6) is 0 Å². The van der Waals surface area contributed by atoms with Gasteiger partial charge in [0.1, 0.15) is 17.4 Å². The maximum atomic E-state index is 12.7. The molecular formula is C19H30N3O2+. The molecule has 0 saturated carbocycles. The molecule has 2 rings (SSSR count). The van der Waals surface area contributed by atoms with Crippen LogP contribution in [0.1, 0.15) is 41.5 Å². The Morgan fingerprint density at radius 1 is 1.12 bits per heavy atom. The molecule has 1 atom stereocenters. The third-order valence-electron chi connectivity index (χ3n) is 4.59. The molecule has 0 radical (unpaired) electrons. The Bertz CT molecular complexity index is 614. The van der Waals surface area contributed by atoms with Gasteiger partial charge >= 0.3 is 6.09 Å². The summed E-state index contributed by atoms with van der Waals surface area (Å²) < 4.78 is 5.49. The average molecular weight is 332 g/mol. The smallest absolute Gasteiger partial charge is 0.449 e. The third-order valence-corrected chi connectivity index (χ3v) is 4.59. The van der Waals surface area contributed by atoms with E-state index in [0.717, 1.165) is 5.69 Å². The lowest BCUT2D eigenvalue weighted by molar-refractivity contribution is -0.929. The zero-order valence-corrected chi connectivity index (χ0v) is 15.9. The van der Waals surface area contributed by atoms with Gasteiger partial charge in [-0.15, -0.1) is 5.01 Å². The minimum atomic E-state index is -0.364. The summed E-state index contributed by atoms with van der Waals surface area (Å²) in [4.78, 5) is 15.0. The highest BCUT2D eigenvalue weighted by Crippen LogP contribution is 2.38. The van der Waals surface area contributed by atoms with Gasteiger partial charge in [0.15, 0.2) is 6.67 Å². The van der Waals surface area contributed by atoms with Crippen molar-refractivity contribution >= 4 is 11.8 Å². The number of carbonyl (C=O) groups excluding carboxylic acids is 1. The Hall–Kier alpha value is -2.01. The third kappa shape index (κ3) is 3.13. The van der Waals surface area contributed by atoms with E-state index in [0.29, 0.717) is 11.3 Å². The molecule has 1 aromatic carbocycles. The maximum absolute atomic E-state index is 12.7. The second-order valence-corrected chi connectivity index (χ2v) is 8.20. The lowest BCUT2D eigenvalue weighted by Gasteiger charge is -2.49. The van der Waals surface area contributed by atoms with Crippen molar-refractivity contribution in [1.29, 1.82) is 0 Å². The first kappa shape index (κ1) is 18.3. The van der Waals surface area contributed by atoms with Crippen molar-refractivity contribution in [3.63, 3.8) is 0 Å². The van der Waals surface area contributed by atoms with Gasteiger partial charge in [-0.05, 0) is 53.7 Å². The molecule has 0 spiro atoms. The Kier molecular flexibility index (Phi) is 4.68. The molecule has 5 nitrogen and oxygen atoms in total. The number of benzene rings is 1. The lowest BCUT2D eigenvalue weighted by Crippen LogP contribution is -2.69. The van der Waals surface area contributed by atoms with Crippen LogP contribution in [0.15, 0.2) is 42.7 Å². The van der Waals surface area contributed by atoms with Gasteiger partial charge in [0.2, 0.25) is 0 Å². The van der Waals surface area contributed by atoms with E-state index in [1.807, 2.05) is 30.3 Å². The minimum absolute atomic E-state index is 0.0276. The topological polar surface area (TPSA) is 32.8 Å². The van der Waals surface area contributed by atoms with Crippen molar-refractivity contribution in [3.8, 4) is 0 Å². The first-order valence-electron chi connectivity index (χ1n) is 8.30. The summed E-state index contributed by atoms with van der Waals surface area (Å²) in [6.45, 7) is 13.6. The van der Waals surface area contributed by atoms with Gasteiger partial charge in [-0.2, -0.15) is 4.59 Å². The number of para-hydroxylation sites is 1. The van der Waals surface area contributed by atoms with E-state index in [1.165, 1.54) is 7.11 Å². The van der Waals surface area contributed by atoms with Gasteiger partial charge in [-0.3, -0.25) is 0 Å². The van der Waals surface area contributed by atoms with E-state index in [4.69, 9.17) is 4.74 Å². The molecule has 1 aliphatic heterocycles. The number of quaternary nitrogens is 1. The van der Waals surface area contributed by atoms with Crippen LogP contribution in [0, 0.1) is 0 Å². The summed E-state index contributed by atoms with van der Waals surface area (Å²) in [6, 6.07) is 9.70. The van der Waals surface area contributed by atoms with Crippen LogP contribution in [0.4, 0.5) is 10.5 Å². The summed E-state index contributed by atoms with van der Waals surface area (Å²) in [5.41, 5.74) is 0.556. The molecule has 0 bridgehead atoms. The summed E-state index contributed by atoms with van der Waals surface area (Å²) >= 11 is 0. The molecule has 0 saturated heterocycles. The van der Waals surface area contributed by atoms with Crippen LogP contribution in [-0.4, -0.2) is 40.4 Å². The second kappa shape index (κ2) is 6.13. The number of methoxy groups -OCH3 is 1. The van der Waals surface area contributed by atoms with Crippen molar-refractivity contribution in [3.05, 3.63) is 42.7 Å². The highest BCUT2D eigenvalue weighted by molar-refractivity contribution is 5.85. The molecule has 0 fully saturated rings. The fourth-order valence-corrected chi connectivity index (χ4v) is 2.93. The molecule has 24 heavy (non-hydrogen) atoms. The molecule has 1 aromatic rings. The summed E-state index contributed by atoms with van der Waals surface area (Å²) in [7, 11) is 1.43. The van der Waals surface area contributed by atoms with E-state index >= 15 is 0 Å². The Morgan fingerprint density at radius 2 is 1.71 bits per heavy atom. The first-order valence-corrected chi connectivity index (χ1v) is 8.30. The van der Waals surface area contributed by atoms with Crippen LogP contribution < -0.4 is 5.01 Å². The largest absolute Gasteiger partial charge is 0.459 e. The number of rotatable bonds is 2. The summed E-state index contributed by atoms with van der Waals surface area (Å²) in [5, 5.41) is 1.74. The number of hydrogen-bond acceptors (Lipinski definition) is 3. The van der Waals surface area contributed by atoms with Gasteiger partial charge in [0.05, 0.1) is 13.3 Å². The first-order chi connectivity index (χ1) is 11.0. The van der Waals surface area contributed by atoms with Crippen molar-refractivity contribution in [2.75, 3.05) is 18.8 Å². The van der Waals surface area contributed by atoms with Crippen LogP contribution in [0.3, 0.4) is 0 Å². The molecule has 0 aromatic heterocycles. The average Bonchev–Trinajstić information content (AvgIpc) is 2.94. The van der Waals surface area contributed by atoms with E-state index in [1.54, 1.807) is 5.01 Å². The van der Waals surface area contributed by atoms with E-state index < -0.39 is 0 Å². The fraction of sp³-hybridized carbons (Fsp3) is 0.526. The highest BCUT2D eigenvalue weighted by Gasteiger charge is 2.53. The standard InChI is InChI=1S/C19H30N3O2/c1-18(2,3)20-13-14-22(15-20,19(4,5)6)21(17(23)24-7)16-11-9-8-10-12-16/h8-14H,15H2,1-7H3/q+1. The van der Waals surface area contributed by atoms with Gasteiger partial charge in [0.25, 0.3) is 0 Å². The van der Waals surface area contributed by atoms with E-state index in [-0.39, 0.29) is 17.2 Å². The van der Waals surface area contributed by atoms with Crippen LogP contribution >= 0.6 is 0 Å². The van der Waals surface area contributed by atoms with Crippen LogP contribution in [0.2, 0.25) is 0 Å². The van der Waals surface area contributed by atoms with Crippen molar-refractivity contribution in [2.24, 2.45) is 0 Å². The lowest BCUT2D eigenvalue weighted by atomic mass is 10.0. The molecule has 0 aliphatic carbocycles. The fourth-order valence-electron chi connectivity index (χ4n) is 2.93. The monoisotopic (exact) mass is 332 g/mol. The quantitative estimate of drug-likeness (QED) is 0.756. The highest BCUT2D eigenvalue weighted by atomic mass is 16.5. The van der Waals surface area contributed by atoms with Gasteiger partial charge in [-0.1, -0.05) is 18.2 Å². The summed E-state index contributed by atoms with van der Waals surface area (Å²) in [5.74, 6) is 0. The number of nitrogens with zero attached hydrogens (tertiary/aromatic N) is 3. The predicted octanol–water partition coefficient (Wildman–Crippen LogP) is 4.33. The van der Waals surface area contributed by atoms with E-state index in [9.17, 15) is 4.79 Å². The van der Waals surface area contributed by atoms with Crippen molar-refractivity contribution < 1.29 is 14.1 Å². The maximum Gasteiger partial charge on any atom is 0.459 e. The zero-order valence-electron chi connectivity index (χ0n) is 15.9. The molecule has 1 aliphatic rings. The molecule has 0 N–H and O–H groups in total. The predicted molar refractivity (Wildman–Crippen MR) is 96.9 cm³/mol. The van der Waals surface area contributed by atoms with Crippen LogP contribution in [-0.2, 0) is 4.74 Å².